The van der Waals surface area contributed by atoms with Crippen molar-refractivity contribution >= 4 is 45.1 Å². The molecule has 0 aromatic heterocycles. The molecule has 6 nitrogen and oxygen atoms in total. The van der Waals surface area contributed by atoms with Gasteiger partial charge in [0.2, 0.25) is 0 Å². The van der Waals surface area contributed by atoms with E-state index < -0.39 is 11.9 Å². The lowest BCUT2D eigenvalue weighted by atomic mass is 9.71. The number of halogens is 2. The highest BCUT2D eigenvalue weighted by Crippen LogP contribution is 2.49. The third kappa shape index (κ3) is 4.74. The molecule has 0 radical (unpaired) electrons. The number of carbonyl (C=O) groups excluding carboxylic acids is 2. The number of nitrogens with zero attached hydrogens (tertiary/aromatic N) is 1. The van der Waals surface area contributed by atoms with Gasteiger partial charge in [-0.3, -0.25) is 14.4 Å². The highest BCUT2D eigenvalue weighted by atomic mass is 79.9. The Morgan fingerprint density at radius 3 is 2.14 bits per heavy atom. The molecule has 5 rings (SSSR count). The molecule has 1 aliphatic heterocycles. The molecule has 36 heavy (non-hydrogen) atoms. The molecule has 2 aliphatic carbocycles. The molecule has 2 aromatic carbocycles. The first-order valence-corrected chi connectivity index (χ1v) is 13.2. The van der Waals surface area contributed by atoms with E-state index in [9.17, 15) is 19.5 Å². The molecule has 0 saturated heterocycles. The third-order valence-corrected chi connectivity index (χ3v) is 7.85. The van der Waals surface area contributed by atoms with Crippen LogP contribution in [0.25, 0.3) is 0 Å². The summed E-state index contributed by atoms with van der Waals surface area (Å²) in [6, 6.07) is 13.1. The summed E-state index contributed by atoms with van der Waals surface area (Å²) in [5.41, 5.74) is 4.45. The first kappa shape index (κ1) is 24.8. The Hall–Kier alpha value is -2.90. The van der Waals surface area contributed by atoms with Gasteiger partial charge in [0, 0.05) is 46.3 Å². The number of benzene rings is 2. The predicted molar refractivity (Wildman–Crippen MR) is 139 cm³/mol. The van der Waals surface area contributed by atoms with Gasteiger partial charge in [-0.05, 0) is 77.0 Å². The highest BCUT2D eigenvalue weighted by Gasteiger charge is 2.43. The maximum Gasteiger partial charge on any atom is 0.323 e. The summed E-state index contributed by atoms with van der Waals surface area (Å²) in [7, 11) is 0. The average Bonchev–Trinajstić information content (AvgIpc) is 2.85. The summed E-state index contributed by atoms with van der Waals surface area (Å²) in [5, 5.41) is 10.3. The number of carboxylic acid groups (broad SMARTS) is 1. The van der Waals surface area contributed by atoms with Crippen molar-refractivity contribution in [2.45, 2.75) is 51.0 Å². The van der Waals surface area contributed by atoms with Gasteiger partial charge in [0.25, 0.3) is 0 Å². The number of allylic oxidation sites excluding steroid dienone is 4. The number of carboxylic acids is 1. The molecule has 0 saturated carbocycles. The highest BCUT2D eigenvalue weighted by molar-refractivity contribution is 9.10. The topological polar surface area (TPSA) is 83.9 Å². The van der Waals surface area contributed by atoms with Crippen LogP contribution in [0, 0.1) is 0 Å². The van der Waals surface area contributed by atoms with Crippen molar-refractivity contribution in [2.24, 2.45) is 0 Å². The maximum absolute atomic E-state index is 13.2. The molecule has 1 heterocycles. The number of ether oxygens (including phenoxy) is 1. The fourth-order valence-corrected chi connectivity index (χ4v) is 6.07. The molecule has 8 heteroatoms. The smallest absolute Gasteiger partial charge is 0.323 e. The van der Waals surface area contributed by atoms with Crippen molar-refractivity contribution in [2.75, 3.05) is 6.54 Å². The van der Waals surface area contributed by atoms with Gasteiger partial charge in [0.05, 0.1) is 4.47 Å². The monoisotopic (exact) mass is 569 g/mol. The second-order valence-corrected chi connectivity index (χ2v) is 10.6. The molecule has 1 N–H and O–H groups in total. The minimum Gasteiger partial charge on any atom is -0.488 e. The molecular formula is C28H25BrClNO5. The van der Waals surface area contributed by atoms with E-state index in [0.29, 0.717) is 67.1 Å². The quantitative estimate of drug-likeness (QED) is 0.447. The lowest BCUT2D eigenvalue weighted by Crippen LogP contribution is -2.41. The van der Waals surface area contributed by atoms with E-state index in [1.807, 2.05) is 42.5 Å². The summed E-state index contributed by atoms with van der Waals surface area (Å²) in [6.07, 6.45) is 3.40. The van der Waals surface area contributed by atoms with Crippen LogP contribution < -0.4 is 4.74 Å². The lowest BCUT2D eigenvalue weighted by Gasteiger charge is -2.43. The van der Waals surface area contributed by atoms with Crippen LogP contribution in [-0.4, -0.2) is 34.1 Å². The van der Waals surface area contributed by atoms with Gasteiger partial charge < -0.3 is 14.7 Å². The molecule has 0 bridgehead atoms. The molecule has 186 valence electrons. The Morgan fingerprint density at radius 2 is 1.58 bits per heavy atom. The van der Waals surface area contributed by atoms with Crippen molar-refractivity contribution in [1.82, 2.24) is 4.90 Å². The van der Waals surface area contributed by atoms with Gasteiger partial charge in [-0.2, -0.15) is 0 Å². The molecule has 0 fully saturated rings. The summed E-state index contributed by atoms with van der Waals surface area (Å²) in [4.78, 5) is 39.9. The van der Waals surface area contributed by atoms with E-state index in [4.69, 9.17) is 16.3 Å². The van der Waals surface area contributed by atoms with Gasteiger partial charge >= 0.3 is 5.97 Å². The first-order valence-electron chi connectivity index (χ1n) is 12.0. The molecule has 0 spiro atoms. The fraction of sp³-hybridized carbons (Fsp3) is 0.321. The Bertz CT molecular complexity index is 1270. The number of hydrogen-bond acceptors (Lipinski definition) is 5. The van der Waals surface area contributed by atoms with E-state index in [1.165, 1.54) is 0 Å². The van der Waals surface area contributed by atoms with E-state index in [0.717, 1.165) is 27.0 Å². The number of rotatable bonds is 6. The molecule has 0 unspecified atom stereocenters. The summed E-state index contributed by atoms with van der Waals surface area (Å²) < 4.78 is 6.72. The zero-order valence-electron chi connectivity index (χ0n) is 19.6. The second-order valence-electron chi connectivity index (χ2n) is 9.29. The Kier molecular flexibility index (Phi) is 7.04. The molecular weight excluding hydrogens is 546 g/mol. The van der Waals surface area contributed by atoms with Crippen LogP contribution in [-0.2, 0) is 21.0 Å². The van der Waals surface area contributed by atoms with Crippen LogP contribution in [0.4, 0.5) is 0 Å². The molecule has 0 atom stereocenters. The number of ketones is 2. The van der Waals surface area contributed by atoms with E-state index >= 15 is 0 Å². The zero-order valence-corrected chi connectivity index (χ0v) is 21.9. The fourth-order valence-electron chi connectivity index (χ4n) is 5.43. The largest absolute Gasteiger partial charge is 0.488 e. The van der Waals surface area contributed by atoms with Crippen molar-refractivity contribution in [1.29, 1.82) is 0 Å². The maximum atomic E-state index is 13.2. The number of aliphatic carboxylic acids is 1. The van der Waals surface area contributed by atoms with Crippen molar-refractivity contribution in [3.05, 3.63) is 85.6 Å². The van der Waals surface area contributed by atoms with Gasteiger partial charge in [-0.15, -0.1) is 0 Å². The average molecular weight is 571 g/mol. The standard InChI is InChI=1S/C28H25BrClNO5/c29-19-13-17(9-12-24(19)36-15-16-7-10-18(30)11-8-16)26-27-20(3-1-5-22(27)32)31(14-25(34)35)21-4-2-6-23(33)28(21)26/h7-13,26H,1-6,14-15H2,(H,34,35). The van der Waals surface area contributed by atoms with Crippen molar-refractivity contribution in [3.63, 3.8) is 0 Å². The third-order valence-electron chi connectivity index (χ3n) is 6.98. The SMILES string of the molecule is O=C(O)CN1C2=C(C(=O)CCC2)C(c2ccc(OCc3ccc(Cl)cc3)c(Br)c2)C2=C1CCCC2=O. The first-order chi connectivity index (χ1) is 17.3. The van der Waals surface area contributed by atoms with E-state index in [1.54, 1.807) is 4.90 Å². The van der Waals surface area contributed by atoms with Crippen LogP contribution in [0.15, 0.2) is 69.5 Å². The minimum atomic E-state index is -0.979. The molecule has 3 aliphatic rings. The molecule has 0 amide bonds. The number of Topliss-reactive ketones (excluding diaryl/α,β-unsaturated/α-hetero) is 2. The summed E-state index contributed by atoms with van der Waals surface area (Å²) in [5.74, 6) is -0.859. The lowest BCUT2D eigenvalue weighted by molar-refractivity contribution is -0.138. The van der Waals surface area contributed by atoms with Crippen molar-refractivity contribution in [3.8, 4) is 5.75 Å². The Morgan fingerprint density at radius 1 is 0.972 bits per heavy atom. The Balaban J connectivity index is 1.53. The number of carbonyl (C=O) groups is 3. The second kappa shape index (κ2) is 10.2. The van der Waals surface area contributed by atoms with Gasteiger partial charge in [0.15, 0.2) is 11.6 Å². The summed E-state index contributed by atoms with van der Waals surface area (Å²) in [6.45, 7) is 0.121. The van der Waals surface area contributed by atoms with Crippen LogP contribution in [0.1, 0.15) is 55.6 Å². The summed E-state index contributed by atoms with van der Waals surface area (Å²) >= 11 is 9.57. The van der Waals surface area contributed by atoms with Gasteiger partial charge in [-0.25, -0.2) is 0 Å². The normalized spacial score (nSPS) is 18.3. The van der Waals surface area contributed by atoms with Crippen LogP contribution in [0.2, 0.25) is 5.02 Å². The van der Waals surface area contributed by atoms with Crippen molar-refractivity contribution < 1.29 is 24.2 Å². The van der Waals surface area contributed by atoms with Gasteiger partial charge in [-0.1, -0.05) is 29.8 Å². The molecule has 2 aromatic rings. The van der Waals surface area contributed by atoms with Crippen LogP contribution in [0.5, 0.6) is 5.75 Å². The number of hydrogen-bond donors (Lipinski definition) is 1. The van der Waals surface area contributed by atoms with E-state index in [2.05, 4.69) is 15.9 Å². The Labute approximate surface area is 222 Å². The van der Waals surface area contributed by atoms with Crippen LogP contribution in [0.3, 0.4) is 0 Å². The predicted octanol–water partition coefficient (Wildman–Crippen LogP) is 6.18. The van der Waals surface area contributed by atoms with E-state index in [-0.39, 0.29) is 18.1 Å². The zero-order chi connectivity index (χ0) is 25.4. The van der Waals surface area contributed by atoms with Crippen LogP contribution >= 0.6 is 27.5 Å². The van der Waals surface area contributed by atoms with Gasteiger partial charge in [0.1, 0.15) is 18.9 Å². The minimum absolute atomic E-state index is 0.0132.